The first kappa shape index (κ1) is 9.54. The second-order valence-electron chi connectivity index (χ2n) is 2.34. The van der Waals surface area contributed by atoms with Gasteiger partial charge < -0.3 is 5.11 Å². The van der Waals surface area contributed by atoms with Crippen LogP contribution in [-0.4, -0.2) is 20.1 Å². The van der Waals surface area contributed by atoms with Gasteiger partial charge in [-0.15, -0.1) is 17.5 Å². The second-order valence-corrected chi connectivity index (χ2v) is 2.34. The fraction of sp³-hybridized carbons (Fsp3) is 0. The van der Waals surface area contributed by atoms with Gasteiger partial charge in [-0.25, -0.2) is 4.68 Å². The molecular formula is C8H8ClN3O. The average molecular weight is 198 g/mol. The maximum Gasteiger partial charge on any atom is 0.141 e. The highest BCUT2D eigenvalue weighted by Gasteiger charge is 2.00. The summed E-state index contributed by atoms with van der Waals surface area (Å²) in [5.74, 6) is 0.197. The van der Waals surface area contributed by atoms with Gasteiger partial charge in [0.05, 0.1) is 12.4 Å². The topological polar surface area (TPSA) is 50.9 Å². The van der Waals surface area contributed by atoms with E-state index in [1.807, 2.05) is 6.07 Å². The largest absolute Gasteiger partial charge is 0.506 e. The number of benzene rings is 1. The molecule has 5 heteroatoms. The number of aromatic nitrogens is 3. The molecule has 0 unspecified atom stereocenters. The molecule has 0 amide bonds. The first-order valence-corrected chi connectivity index (χ1v) is 3.52. The van der Waals surface area contributed by atoms with Crippen LogP contribution in [0, 0.1) is 0 Å². The lowest BCUT2D eigenvalue weighted by Crippen LogP contribution is -1.94. The summed E-state index contributed by atoms with van der Waals surface area (Å²) in [6.07, 6.45) is 3.24. The van der Waals surface area contributed by atoms with Crippen LogP contribution in [0.2, 0.25) is 0 Å². The number of hydrogen-bond donors (Lipinski definition) is 1. The summed E-state index contributed by atoms with van der Waals surface area (Å²) in [7, 11) is 0. The first-order chi connectivity index (χ1) is 5.88. The van der Waals surface area contributed by atoms with Gasteiger partial charge in [0.2, 0.25) is 0 Å². The van der Waals surface area contributed by atoms with Crippen LogP contribution in [0.1, 0.15) is 0 Å². The molecule has 1 N–H and O–H groups in total. The summed E-state index contributed by atoms with van der Waals surface area (Å²) in [4.78, 5) is 0. The molecule has 1 aromatic carbocycles. The number of phenols is 1. The average Bonchev–Trinajstić information content (AvgIpc) is 2.57. The Morgan fingerprint density at radius 2 is 2.00 bits per heavy atom. The number of rotatable bonds is 1. The van der Waals surface area contributed by atoms with Crippen molar-refractivity contribution in [1.29, 1.82) is 0 Å². The maximum absolute atomic E-state index is 9.39. The number of halogens is 1. The SMILES string of the molecule is Cl.Oc1ccccc1-n1ccnn1. The molecule has 1 heterocycles. The summed E-state index contributed by atoms with van der Waals surface area (Å²) in [6, 6.07) is 6.97. The third kappa shape index (κ3) is 1.78. The number of phenolic OH excluding ortho intramolecular Hbond substituents is 1. The number of aromatic hydroxyl groups is 1. The van der Waals surface area contributed by atoms with Gasteiger partial charge in [-0.2, -0.15) is 0 Å². The summed E-state index contributed by atoms with van der Waals surface area (Å²) < 4.78 is 1.51. The third-order valence-electron chi connectivity index (χ3n) is 1.55. The van der Waals surface area contributed by atoms with E-state index >= 15 is 0 Å². The van der Waals surface area contributed by atoms with E-state index in [0.29, 0.717) is 5.69 Å². The first-order valence-electron chi connectivity index (χ1n) is 3.52. The molecule has 0 spiro atoms. The van der Waals surface area contributed by atoms with E-state index in [1.165, 1.54) is 4.68 Å². The summed E-state index contributed by atoms with van der Waals surface area (Å²) in [6.45, 7) is 0. The van der Waals surface area contributed by atoms with Crippen molar-refractivity contribution in [3.63, 3.8) is 0 Å². The zero-order valence-corrected chi connectivity index (χ0v) is 7.48. The van der Waals surface area contributed by atoms with Crippen LogP contribution in [0.15, 0.2) is 36.7 Å². The lowest BCUT2D eigenvalue weighted by molar-refractivity contribution is 0.470. The predicted octanol–water partition coefficient (Wildman–Crippen LogP) is 1.39. The molecule has 0 aliphatic carbocycles. The van der Waals surface area contributed by atoms with Gasteiger partial charge in [0, 0.05) is 0 Å². The van der Waals surface area contributed by atoms with E-state index in [0.717, 1.165) is 0 Å². The van der Waals surface area contributed by atoms with E-state index in [4.69, 9.17) is 0 Å². The molecule has 0 bridgehead atoms. The Labute approximate surface area is 81.2 Å². The molecule has 0 radical (unpaired) electrons. The summed E-state index contributed by atoms with van der Waals surface area (Å²) >= 11 is 0. The van der Waals surface area contributed by atoms with E-state index in [1.54, 1.807) is 30.6 Å². The van der Waals surface area contributed by atoms with Gasteiger partial charge in [-0.05, 0) is 12.1 Å². The normalized spacial score (nSPS) is 9.23. The summed E-state index contributed by atoms with van der Waals surface area (Å²) in [5, 5.41) is 16.8. The van der Waals surface area contributed by atoms with E-state index in [-0.39, 0.29) is 18.2 Å². The van der Waals surface area contributed by atoms with Crippen molar-refractivity contribution in [2.24, 2.45) is 0 Å². The zero-order valence-electron chi connectivity index (χ0n) is 6.66. The molecule has 2 rings (SSSR count). The minimum atomic E-state index is 0. The second kappa shape index (κ2) is 3.91. The molecule has 13 heavy (non-hydrogen) atoms. The number of nitrogens with zero attached hydrogens (tertiary/aromatic N) is 3. The van der Waals surface area contributed by atoms with Crippen molar-refractivity contribution in [3.8, 4) is 11.4 Å². The Kier molecular flexibility index (Phi) is 2.87. The van der Waals surface area contributed by atoms with Crippen LogP contribution in [-0.2, 0) is 0 Å². The van der Waals surface area contributed by atoms with E-state index in [9.17, 15) is 5.11 Å². The molecule has 0 fully saturated rings. The molecule has 1 aromatic heterocycles. The molecule has 0 saturated heterocycles. The fourth-order valence-electron chi connectivity index (χ4n) is 0.995. The quantitative estimate of drug-likeness (QED) is 0.752. The van der Waals surface area contributed by atoms with Crippen LogP contribution in [0.5, 0.6) is 5.75 Å². The van der Waals surface area contributed by atoms with Crippen molar-refractivity contribution < 1.29 is 5.11 Å². The van der Waals surface area contributed by atoms with Crippen molar-refractivity contribution in [2.45, 2.75) is 0 Å². The smallest absolute Gasteiger partial charge is 0.141 e. The minimum Gasteiger partial charge on any atom is -0.506 e. The van der Waals surface area contributed by atoms with Gasteiger partial charge >= 0.3 is 0 Å². The zero-order chi connectivity index (χ0) is 8.39. The Balaban J connectivity index is 0.000000845. The van der Waals surface area contributed by atoms with Gasteiger partial charge in [0.1, 0.15) is 11.4 Å². The third-order valence-corrected chi connectivity index (χ3v) is 1.55. The van der Waals surface area contributed by atoms with Gasteiger partial charge in [0.15, 0.2) is 0 Å². The lowest BCUT2D eigenvalue weighted by atomic mass is 10.3. The highest BCUT2D eigenvalue weighted by atomic mass is 35.5. The lowest BCUT2D eigenvalue weighted by Gasteiger charge is -2.01. The van der Waals surface area contributed by atoms with Crippen molar-refractivity contribution >= 4 is 12.4 Å². The summed E-state index contributed by atoms with van der Waals surface area (Å²) in [5.41, 5.74) is 0.634. The van der Waals surface area contributed by atoms with Crippen molar-refractivity contribution in [1.82, 2.24) is 15.0 Å². The standard InChI is InChI=1S/C8H7N3O.ClH/c12-8-4-2-1-3-7(8)11-6-5-9-10-11;/h1-6,12H;1H. The van der Waals surface area contributed by atoms with Gasteiger partial charge in [0.25, 0.3) is 0 Å². The Morgan fingerprint density at radius 1 is 1.23 bits per heavy atom. The molecular weight excluding hydrogens is 190 g/mol. The fourth-order valence-corrected chi connectivity index (χ4v) is 0.995. The molecule has 4 nitrogen and oxygen atoms in total. The van der Waals surface area contributed by atoms with Gasteiger partial charge in [-0.1, -0.05) is 17.3 Å². The number of hydrogen-bond acceptors (Lipinski definition) is 3. The molecule has 68 valence electrons. The Bertz CT molecular complexity index is 375. The monoisotopic (exact) mass is 197 g/mol. The molecule has 0 atom stereocenters. The molecule has 0 aliphatic heterocycles. The minimum absolute atomic E-state index is 0. The highest BCUT2D eigenvalue weighted by Crippen LogP contribution is 2.18. The van der Waals surface area contributed by atoms with E-state index < -0.39 is 0 Å². The maximum atomic E-state index is 9.39. The van der Waals surface area contributed by atoms with Crippen molar-refractivity contribution in [2.75, 3.05) is 0 Å². The van der Waals surface area contributed by atoms with Crippen LogP contribution in [0.3, 0.4) is 0 Å². The van der Waals surface area contributed by atoms with Crippen LogP contribution < -0.4 is 0 Å². The predicted molar refractivity (Wildman–Crippen MR) is 50.3 cm³/mol. The Hall–Kier alpha value is -1.55. The van der Waals surface area contributed by atoms with Crippen LogP contribution >= 0.6 is 12.4 Å². The Morgan fingerprint density at radius 3 is 2.62 bits per heavy atom. The highest BCUT2D eigenvalue weighted by molar-refractivity contribution is 5.85. The van der Waals surface area contributed by atoms with Crippen molar-refractivity contribution in [3.05, 3.63) is 36.7 Å². The van der Waals surface area contributed by atoms with Crippen LogP contribution in [0.4, 0.5) is 0 Å². The van der Waals surface area contributed by atoms with Gasteiger partial charge in [-0.3, -0.25) is 0 Å². The van der Waals surface area contributed by atoms with Crippen LogP contribution in [0.25, 0.3) is 5.69 Å². The number of para-hydroxylation sites is 2. The molecule has 2 aromatic rings. The molecule has 0 saturated carbocycles. The molecule has 0 aliphatic rings. The van der Waals surface area contributed by atoms with E-state index in [2.05, 4.69) is 10.3 Å².